The molecule has 15 heteroatoms. The monoisotopic (exact) mass is 1010 g/mol. The van der Waals surface area contributed by atoms with Crippen LogP contribution in [0.5, 0.6) is 0 Å². The van der Waals surface area contributed by atoms with E-state index in [4.69, 9.17) is 35.9 Å². The number of hydrogen-bond acceptors (Lipinski definition) is 13. The van der Waals surface area contributed by atoms with E-state index >= 15 is 4.79 Å². The zero-order valence-electron chi connectivity index (χ0n) is 43.8. The molecular formula is C53H90O12S3. The Morgan fingerprint density at radius 3 is 1.75 bits per heavy atom. The number of carboxylic acids is 2. The van der Waals surface area contributed by atoms with Crippen molar-refractivity contribution in [2.24, 2.45) is 50.7 Å². The molecule has 3 rings (SSSR count). The predicted molar refractivity (Wildman–Crippen MR) is 276 cm³/mol. The summed E-state index contributed by atoms with van der Waals surface area (Å²) in [5.41, 5.74) is -8.71. The van der Waals surface area contributed by atoms with E-state index in [1.54, 1.807) is 60.4 Å². The molecule has 0 aromatic rings. The van der Waals surface area contributed by atoms with Crippen molar-refractivity contribution in [3.63, 3.8) is 0 Å². The molecule has 0 aliphatic heterocycles. The van der Waals surface area contributed by atoms with E-state index in [1.165, 1.54) is 90.3 Å². The van der Waals surface area contributed by atoms with Crippen LogP contribution in [0.25, 0.3) is 0 Å². The van der Waals surface area contributed by atoms with Crippen molar-refractivity contribution in [3.05, 3.63) is 0 Å². The van der Waals surface area contributed by atoms with Gasteiger partial charge in [0.25, 0.3) is 0 Å². The third-order valence-corrected chi connectivity index (χ3v) is 18.1. The van der Waals surface area contributed by atoms with Crippen molar-refractivity contribution in [1.29, 1.82) is 0 Å². The third kappa shape index (κ3) is 18.3. The average Bonchev–Trinajstić information content (AvgIpc) is 3.98. The molecule has 0 aromatic carbocycles. The highest BCUT2D eigenvalue weighted by Crippen LogP contribution is 2.60. The molecule has 0 heterocycles. The summed E-state index contributed by atoms with van der Waals surface area (Å²) in [7, 11) is 1.56. The lowest BCUT2D eigenvalue weighted by Gasteiger charge is -2.45. The third-order valence-electron chi connectivity index (χ3n) is 14.9. The fourth-order valence-electron chi connectivity index (χ4n) is 11.9. The molecule has 9 atom stereocenters. The summed E-state index contributed by atoms with van der Waals surface area (Å²) in [5.74, 6) is -1.48. The van der Waals surface area contributed by atoms with Gasteiger partial charge < -0.3 is 33.9 Å². The van der Waals surface area contributed by atoms with Gasteiger partial charge in [-0.05, 0) is 150 Å². The molecule has 3 saturated carbocycles. The maximum atomic E-state index is 15.2. The number of hydrogen-bond donors (Lipinski definition) is 2. The van der Waals surface area contributed by atoms with Gasteiger partial charge >= 0.3 is 29.8 Å². The van der Waals surface area contributed by atoms with Gasteiger partial charge in [-0.25, -0.2) is 0 Å². The average molecular weight is 1020 g/mol. The van der Waals surface area contributed by atoms with Crippen LogP contribution in [0, 0.1) is 50.7 Å². The molecule has 392 valence electrons. The summed E-state index contributed by atoms with van der Waals surface area (Å²) in [6, 6.07) is 0. The Bertz CT molecular complexity index is 1670. The van der Waals surface area contributed by atoms with Gasteiger partial charge in [0.15, 0.2) is 0 Å². The molecular weight excluding hydrogens is 925 g/mol. The molecule has 3 aliphatic rings. The number of carboxylic acid groups (broad SMARTS) is 2. The number of fused-ring (bicyclic) bond motifs is 5. The highest BCUT2D eigenvalue weighted by Gasteiger charge is 2.59. The maximum absolute atomic E-state index is 15.2. The van der Waals surface area contributed by atoms with Gasteiger partial charge in [0, 0.05) is 12.9 Å². The Hall–Kier alpha value is -1.94. The number of carbonyl (C=O) groups is 5. The number of thiocarbonyl (C=S) groups is 1. The van der Waals surface area contributed by atoms with Gasteiger partial charge in [-0.15, -0.1) is 23.5 Å². The fourth-order valence-corrected chi connectivity index (χ4v) is 14.2. The van der Waals surface area contributed by atoms with E-state index in [2.05, 4.69) is 6.92 Å². The molecule has 9 unspecified atom stereocenters. The molecule has 2 N–H and O–H groups in total. The van der Waals surface area contributed by atoms with Gasteiger partial charge in [0.1, 0.15) is 21.8 Å². The van der Waals surface area contributed by atoms with Crippen molar-refractivity contribution in [3.8, 4) is 0 Å². The molecule has 0 spiro atoms. The molecule has 2 bridgehead atoms. The van der Waals surface area contributed by atoms with Crippen molar-refractivity contribution >= 4 is 69.1 Å². The van der Waals surface area contributed by atoms with Gasteiger partial charge in [-0.1, -0.05) is 83.3 Å². The first-order valence-electron chi connectivity index (χ1n) is 25.7. The fraction of sp³-hybridized carbons (Fsp3) is 0.887. The quantitative estimate of drug-likeness (QED) is 0.0275. The van der Waals surface area contributed by atoms with E-state index in [0.717, 1.165) is 44.3 Å². The Morgan fingerprint density at radius 2 is 1.16 bits per heavy atom. The number of ether oxygens (including phenoxy) is 5. The van der Waals surface area contributed by atoms with Crippen molar-refractivity contribution in [2.45, 2.75) is 203 Å². The lowest BCUT2D eigenvalue weighted by Crippen LogP contribution is -2.50. The molecule has 68 heavy (non-hydrogen) atoms. The van der Waals surface area contributed by atoms with Crippen LogP contribution in [-0.2, 0) is 47.7 Å². The summed E-state index contributed by atoms with van der Waals surface area (Å²) in [5, 5.41) is 21.1. The van der Waals surface area contributed by atoms with Crippen LogP contribution in [-0.4, -0.2) is 100 Å². The predicted octanol–water partition coefficient (Wildman–Crippen LogP) is 12.4. The zero-order chi connectivity index (χ0) is 51.0. The Balaban J connectivity index is 1.98. The van der Waals surface area contributed by atoms with E-state index in [0.29, 0.717) is 27.9 Å². The first-order valence-corrected chi connectivity index (χ1v) is 28.1. The first-order chi connectivity index (χ1) is 31.7. The smallest absolute Gasteiger partial charge is 0.313 e. The van der Waals surface area contributed by atoms with Crippen molar-refractivity contribution in [2.75, 3.05) is 45.0 Å². The second-order valence-corrected chi connectivity index (χ2v) is 26.6. The number of carbonyl (C=O) groups excluding carboxylic acids is 3. The Morgan fingerprint density at radius 1 is 0.603 bits per heavy atom. The van der Waals surface area contributed by atoms with Gasteiger partial charge in [-0.2, -0.15) is 0 Å². The van der Waals surface area contributed by atoms with E-state index in [1.807, 2.05) is 0 Å². The van der Waals surface area contributed by atoms with Crippen LogP contribution in [0.15, 0.2) is 0 Å². The molecule has 3 fully saturated rings. The second kappa shape index (κ2) is 27.2. The Kier molecular flexibility index (Phi) is 24.2. The number of rotatable bonds is 33. The molecule has 12 nitrogen and oxygen atoms in total. The number of thioether (sulfide) groups is 2. The zero-order valence-corrected chi connectivity index (χ0v) is 46.2. The van der Waals surface area contributed by atoms with E-state index in [-0.39, 0.29) is 63.3 Å². The van der Waals surface area contributed by atoms with Crippen LogP contribution >= 0.6 is 35.7 Å². The van der Waals surface area contributed by atoms with Crippen LogP contribution in [0.4, 0.5) is 0 Å². The van der Waals surface area contributed by atoms with Gasteiger partial charge in [0.05, 0.1) is 46.9 Å². The first kappa shape index (κ1) is 60.4. The topological polar surface area (TPSA) is 172 Å². The molecule has 0 amide bonds. The molecule has 0 aromatic heterocycles. The number of aliphatic carboxylic acids is 2. The molecule has 3 aliphatic carbocycles. The SMILES string of the molecule is CCCCCCCCCCCCSC(=S)SCC(C)(CC(C)(CC(C)(CC(C)(CC(C)(C)C(=O)O)C(=O)O)C(=O)OC1CC2CC1C1CCCC21)C(=O)OCCOCCOC)C(=O)OC(C)(C)C. The van der Waals surface area contributed by atoms with Gasteiger partial charge in [-0.3, -0.25) is 24.0 Å². The lowest BCUT2D eigenvalue weighted by molar-refractivity contribution is -0.178. The largest absolute Gasteiger partial charge is 0.481 e. The number of esters is 3. The summed E-state index contributed by atoms with van der Waals surface area (Å²) in [6.07, 6.45) is 16.2. The van der Waals surface area contributed by atoms with Crippen LogP contribution in [0.3, 0.4) is 0 Å². The summed E-state index contributed by atoms with van der Waals surface area (Å²) in [4.78, 5) is 70.5. The minimum absolute atomic E-state index is 0.0714. The summed E-state index contributed by atoms with van der Waals surface area (Å²) in [6.45, 7) is 17.6. The van der Waals surface area contributed by atoms with Crippen LogP contribution in [0.2, 0.25) is 0 Å². The normalized spacial score (nSPS) is 23.7. The lowest BCUT2D eigenvalue weighted by atomic mass is 9.59. The van der Waals surface area contributed by atoms with Crippen molar-refractivity contribution in [1.82, 2.24) is 0 Å². The van der Waals surface area contributed by atoms with Gasteiger partial charge in [0.2, 0.25) is 0 Å². The number of methoxy groups -OCH3 is 1. The maximum Gasteiger partial charge on any atom is 0.313 e. The summed E-state index contributed by atoms with van der Waals surface area (Å²) < 4.78 is 30.0. The van der Waals surface area contributed by atoms with Crippen LogP contribution in [0.1, 0.15) is 191 Å². The van der Waals surface area contributed by atoms with E-state index < -0.39 is 62.5 Å². The molecule has 0 radical (unpaired) electrons. The second-order valence-electron chi connectivity index (χ2n) is 23.4. The highest BCUT2D eigenvalue weighted by molar-refractivity contribution is 8.47. The standard InChI is InChI=1S/C53H90O12S3/c1-12-13-14-15-16-17-18-19-20-21-29-67-47(66)68-36-53(10,46(60)65-48(2,3)4)35-51(8,44(58)63-28-27-62-26-25-61-11)34-52(9,33-50(7,43(56)57)32-49(5,6)42(54)55)45(59)64-41-31-37-30-40(41)39-24-22-23-38(37)39/h37-41H,12-36H2,1-11H3,(H,54,55)(H,56,57). The summed E-state index contributed by atoms with van der Waals surface area (Å²) >= 11 is 8.82. The Labute approximate surface area is 423 Å². The molecule has 0 saturated heterocycles. The van der Waals surface area contributed by atoms with Crippen molar-refractivity contribution < 1.29 is 57.9 Å². The minimum Gasteiger partial charge on any atom is -0.481 e. The number of unbranched alkanes of at least 4 members (excludes halogenated alkanes) is 9. The highest BCUT2D eigenvalue weighted by atomic mass is 32.2. The minimum atomic E-state index is -1.75. The van der Waals surface area contributed by atoms with E-state index in [9.17, 15) is 29.4 Å². The van der Waals surface area contributed by atoms with Crippen LogP contribution < -0.4 is 0 Å².